The van der Waals surface area contributed by atoms with E-state index in [2.05, 4.69) is 9.98 Å². The van der Waals surface area contributed by atoms with Crippen LogP contribution >= 0.6 is 35.0 Å². The first-order valence-corrected chi connectivity index (χ1v) is 9.47. The number of rotatable bonds is 4. The third kappa shape index (κ3) is 4.30. The Hall–Kier alpha value is -2.55. The lowest BCUT2D eigenvalue weighted by Crippen LogP contribution is -2.36. The van der Waals surface area contributed by atoms with E-state index in [-0.39, 0.29) is 10.9 Å². The molecular weight excluding hydrogens is 423 g/mol. The number of halogens is 2. The van der Waals surface area contributed by atoms with Gasteiger partial charge in [-0.15, -0.1) is 0 Å². The molecule has 0 saturated carbocycles. The third-order valence-corrected chi connectivity index (χ3v) is 5.36. The Balaban J connectivity index is 2.02. The molecule has 1 aromatic carbocycles. The van der Waals surface area contributed by atoms with Gasteiger partial charge in [-0.1, -0.05) is 23.2 Å². The first kappa shape index (κ1) is 20.2. The van der Waals surface area contributed by atoms with Crippen LogP contribution in [-0.4, -0.2) is 25.4 Å². The molecule has 0 atom stereocenters. The predicted octanol–water partition coefficient (Wildman–Crippen LogP) is 3.39. The lowest BCUT2D eigenvalue weighted by atomic mass is 10.2. The molecule has 3 aromatic rings. The topological polar surface area (TPSA) is 89.5 Å². The van der Waals surface area contributed by atoms with Crippen molar-refractivity contribution < 1.29 is 5.11 Å². The van der Waals surface area contributed by atoms with Crippen molar-refractivity contribution in [1.29, 1.82) is 0 Å². The molecule has 0 saturated heterocycles. The normalized spacial score (nSPS) is 11.3. The number of hydrogen-bond acceptors (Lipinski definition) is 6. The summed E-state index contributed by atoms with van der Waals surface area (Å²) in [7, 11) is 2.97. The predicted molar refractivity (Wildman–Crippen MR) is 111 cm³/mol. The van der Waals surface area contributed by atoms with Gasteiger partial charge < -0.3 is 5.11 Å². The van der Waals surface area contributed by atoms with Crippen molar-refractivity contribution in [3.05, 3.63) is 73.0 Å². The van der Waals surface area contributed by atoms with Gasteiger partial charge in [0.25, 0.3) is 5.56 Å². The number of aromatic hydroxyl groups is 1. The molecule has 0 aliphatic rings. The summed E-state index contributed by atoms with van der Waals surface area (Å²) in [5.74, 6) is -0.0127. The Bertz CT molecular complexity index is 1200. The third-order valence-electron chi connectivity index (χ3n) is 3.82. The lowest BCUT2D eigenvalue weighted by molar-refractivity contribution is 0.474. The Kier molecular flexibility index (Phi) is 5.93. The van der Waals surface area contributed by atoms with Crippen LogP contribution in [0.5, 0.6) is 5.75 Å². The number of aromatic nitrogens is 3. The number of phenols is 1. The van der Waals surface area contributed by atoms with Crippen molar-refractivity contribution in [2.45, 2.75) is 10.1 Å². The van der Waals surface area contributed by atoms with Crippen LogP contribution in [0.3, 0.4) is 0 Å². The molecule has 0 amide bonds. The number of aliphatic imine (C=N–C) groups is 1. The van der Waals surface area contributed by atoms with Gasteiger partial charge in [-0.05, 0) is 42.1 Å². The quantitative estimate of drug-likeness (QED) is 0.384. The van der Waals surface area contributed by atoms with E-state index in [9.17, 15) is 14.7 Å². The summed E-state index contributed by atoms with van der Waals surface area (Å²) in [5, 5.41) is 11.4. The van der Waals surface area contributed by atoms with Gasteiger partial charge in [0.05, 0.1) is 10.7 Å². The van der Waals surface area contributed by atoms with E-state index in [1.165, 1.54) is 30.0 Å². The highest BCUT2D eigenvalue weighted by Gasteiger charge is 2.12. The van der Waals surface area contributed by atoms with Gasteiger partial charge in [0, 0.05) is 37.0 Å². The number of benzene rings is 1. The fraction of sp³-hybridized carbons (Fsp3) is 0.111. The van der Waals surface area contributed by atoms with Crippen LogP contribution in [0.2, 0.25) is 10.2 Å². The molecule has 0 aliphatic heterocycles. The van der Waals surface area contributed by atoms with Crippen molar-refractivity contribution in [2.24, 2.45) is 19.1 Å². The van der Waals surface area contributed by atoms with E-state index in [1.54, 1.807) is 31.3 Å². The molecule has 0 radical (unpaired) electrons. The molecular formula is C18H14Cl2N4O3S. The summed E-state index contributed by atoms with van der Waals surface area (Å²) in [6, 6.07) is 9.24. The monoisotopic (exact) mass is 436 g/mol. The number of hydrogen-bond donors (Lipinski definition) is 1. The first-order chi connectivity index (χ1) is 13.3. The van der Waals surface area contributed by atoms with Crippen molar-refractivity contribution in [3.63, 3.8) is 0 Å². The molecule has 0 bridgehead atoms. The minimum Gasteiger partial charge on any atom is -0.507 e. The maximum atomic E-state index is 12.1. The van der Waals surface area contributed by atoms with Crippen LogP contribution in [0.1, 0.15) is 5.56 Å². The fourth-order valence-corrected chi connectivity index (χ4v) is 3.56. The average molecular weight is 437 g/mol. The Labute approximate surface area is 173 Å². The van der Waals surface area contributed by atoms with Gasteiger partial charge in [-0.3, -0.25) is 18.9 Å². The molecule has 2 aromatic heterocycles. The van der Waals surface area contributed by atoms with Crippen molar-refractivity contribution >= 4 is 46.9 Å². The highest BCUT2D eigenvalue weighted by molar-refractivity contribution is 7.99. The first-order valence-electron chi connectivity index (χ1n) is 7.90. The van der Waals surface area contributed by atoms with Crippen molar-refractivity contribution in [1.82, 2.24) is 14.1 Å². The lowest BCUT2D eigenvalue weighted by Gasteiger charge is -2.10. The molecule has 3 rings (SSSR count). The summed E-state index contributed by atoms with van der Waals surface area (Å²) >= 11 is 12.9. The average Bonchev–Trinajstić information content (AvgIpc) is 2.65. The standard InChI is InChI=1S/C18H14Cl2N4O3S/c1-23-15(26)8-16(24(2)18(23)27)28-17-12(5-6-14(20)22-17)21-9-10-3-4-11(19)7-13(10)25/h3-9,25H,1-2H3. The molecule has 0 aliphatic carbocycles. The second kappa shape index (κ2) is 8.22. The van der Waals surface area contributed by atoms with Gasteiger partial charge in [-0.2, -0.15) is 0 Å². The van der Waals surface area contributed by atoms with E-state index < -0.39 is 11.2 Å². The van der Waals surface area contributed by atoms with E-state index >= 15 is 0 Å². The van der Waals surface area contributed by atoms with Crippen LogP contribution in [0.4, 0.5) is 5.69 Å². The van der Waals surface area contributed by atoms with E-state index in [1.807, 2.05) is 0 Å². The van der Waals surface area contributed by atoms with Crippen LogP contribution in [-0.2, 0) is 14.1 Å². The summed E-state index contributed by atoms with van der Waals surface area (Å²) in [6.07, 6.45) is 1.46. The molecule has 1 N–H and O–H groups in total. The molecule has 2 heterocycles. The van der Waals surface area contributed by atoms with Crippen LogP contribution in [0, 0.1) is 0 Å². The Morgan fingerprint density at radius 3 is 2.57 bits per heavy atom. The maximum absolute atomic E-state index is 12.1. The number of pyridine rings is 1. The molecule has 7 nitrogen and oxygen atoms in total. The molecule has 0 unspecified atom stereocenters. The minimum absolute atomic E-state index is 0.0127. The highest BCUT2D eigenvalue weighted by Crippen LogP contribution is 2.33. The minimum atomic E-state index is -0.451. The number of nitrogens with zero attached hydrogens (tertiary/aromatic N) is 4. The smallest absolute Gasteiger partial charge is 0.331 e. The van der Waals surface area contributed by atoms with Gasteiger partial charge in [0.15, 0.2) is 0 Å². The van der Waals surface area contributed by atoms with Crippen molar-refractivity contribution in [3.8, 4) is 5.75 Å². The van der Waals surface area contributed by atoms with Gasteiger partial charge in [-0.25, -0.2) is 9.78 Å². The second-order valence-electron chi connectivity index (χ2n) is 5.74. The second-order valence-corrected chi connectivity index (χ2v) is 7.58. The maximum Gasteiger partial charge on any atom is 0.331 e. The molecule has 144 valence electrons. The van der Waals surface area contributed by atoms with Crippen LogP contribution < -0.4 is 11.2 Å². The Morgan fingerprint density at radius 1 is 1.11 bits per heavy atom. The highest BCUT2D eigenvalue weighted by atomic mass is 35.5. The summed E-state index contributed by atoms with van der Waals surface area (Å²) < 4.78 is 2.35. The molecule has 0 fully saturated rings. The fourth-order valence-electron chi connectivity index (χ4n) is 2.26. The van der Waals surface area contributed by atoms with Crippen molar-refractivity contribution in [2.75, 3.05) is 0 Å². The van der Waals surface area contributed by atoms with Crippen LogP contribution in [0.15, 0.2) is 61.0 Å². The van der Waals surface area contributed by atoms with E-state index in [4.69, 9.17) is 23.2 Å². The molecule has 10 heteroatoms. The zero-order valence-electron chi connectivity index (χ0n) is 14.8. The summed E-state index contributed by atoms with van der Waals surface area (Å²) in [4.78, 5) is 32.7. The van der Waals surface area contributed by atoms with Crippen LogP contribution in [0.25, 0.3) is 0 Å². The zero-order chi connectivity index (χ0) is 20.4. The van der Waals surface area contributed by atoms with E-state index in [0.29, 0.717) is 26.3 Å². The van der Waals surface area contributed by atoms with Gasteiger partial charge in [0.1, 0.15) is 15.9 Å². The van der Waals surface area contributed by atoms with Gasteiger partial charge in [0.2, 0.25) is 0 Å². The van der Waals surface area contributed by atoms with Gasteiger partial charge >= 0.3 is 5.69 Å². The summed E-state index contributed by atoms with van der Waals surface area (Å²) in [5.41, 5.74) is 0.0464. The zero-order valence-corrected chi connectivity index (χ0v) is 17.1. The molecule has 0 spiro atoms. The largest absolute Gasteiger partial charge is 0.507 e. The SMILES string of the molecule is Cn1c(Sc2nc(Cl)ccc2N=Cc2ccc(Cl)cc2O)cc(=O)n(C)c1=O. The number of phenolic OH excluding ortho intramolecular Hbond substituents is 1. The molecule has 28 heavy (non-hydrogen) atoms. The van der Waals surface area contributed by atoms with E-state index in [0.717, 1.165) is 16.3 Å². The summed E-state index contributed by atoms with van der Waals surface area (Å²) in [6.45, 7) is 0. The Morgan fingerprint density at radius 2 is 1.86 bits per heavy atom.